The summed E-state index contributed by atoms with van der Waals surface area (Å²) in [5.74, 6) is -1.96. The molecule has 0 saturated carbocycles. The molecule has 16 heavy (non-hydrogen) atoms. The molecule has 0 spiro atoms. The highest BCUT2D eigenvalue weighted by Gasteiger charge is 2.36. The van der Waals surface area contributed by atoms with Gasteiger partial charge in [0.15, 0.2) is 0 Å². The van der Waals surface area contributed by atoms with Crippen molar-refractivity contribution < 1.29 is 29.9 Å². The first-order chi connectivity index (χ1) is 7.40. The van der Waals surface area contributed by atoms with Crippen LogP contribution in [0.5, 0.6) is 0 Å². The normalized spacial score (nSPS) is 19.8. The second kappa shape index (κ2) is 7.17. The number of rotatable bonds is 3. The predicted octanol–water partition coefficient (Wildman–Crippen LogP) is -2.47. The first-order valence-electron chi connectivity index (χ1n) is 4.66. The molecule has 92 valence electrons. The van der Waals surface area contributed by atoms with E-state index >= 15 is 0 Å². The zero-order valence-corrected chi connectivity index (χ0v) is 8.61. The fourth-order valence-corrected chi connectivity index (χ4v) is 1.33. The lowest BCUT2D eigenvalue weighted by Gasteiger charge is -2.18. The average Bonchev–Trinajstić information content (AvgIpc) is 2.67. The lowest BCUT2D eigenvalue weighted by Crippen LogP contribution is -2.46. The Kier molecular flexibility index (Phi) is 6.66. The molecular formula is C7H15BN2O6. The van der Waals surface area contributed by atoms with Gasteiger partial charge in [0.1, 0.15) is 6.04 Å². The highest BCUT2D eigenvalue weighted by molar-refractivity contribution is 6.38. The van der Waals surface area contributed by atoms with Crippen LogP contribution >= 0.6 is 0 Å². The zero-order chi connectivity index (χ0) is 12.7. The van der Waals surface area contributed by atoms with Crippen molar-refractivity contribution in [3.05, 3.63) is 0 Å². The fourth-order valence-electron chi connectivity index (χ4n) is 1.33. The number of nitrogens with zero attached hydrogens (tertiary/aromatic N) is 1. The van der Waals surface area contributed by atoms with Gasteiger partial charge in [-0.15, -0.1) is 0 Å². The van der Waals surface area contributed by atoms with Gasteiger partial charge in [-0.3, -0.25) is 14.4 Å². The summed E-state index contributed by atoms with van der Waals surface area (Å²) in [6.07, 6.45) is 1.20. The van der Waals surface area contributed by atoms with Crippen molar-refractivity contribution in [1.82, 2.24) is 4.81 Å². The van der Waals surface area contributed by atoms with Gasteiger partial charge in [0.05, 0.1) is 6.54 Å². The zero-order valence-electron chi connectivity index (χ0n) is 8.61. The molecule has 1 saturated heterocycles. The third-order valence-electron chi connectivity index (χ3n) is 2.05. The molecular weight excluding hydrogens is 219 g/mol. The predicted molar refractivity (Wildman–Crippen MR) is 54.2 cm³/mol. The molecule has 8 nitrogen and oxygen atoms in total. The second-order valence-electron chi connectivity index (χ2n) is 3.18. The summed E-state index contributed by atoms with van der Waals surface area (Å²) in [5, 5.41) is 33.5. The van der Waals surface area contributed by atoms with E-state index in [0.717, 1.165) is 4.81 Å². The Morgan fingerprint density at radius 3 is 2.12 bits per heavy atom. The highest BCUT2D eigenvalue weighted by Crippen LogP contribution is 2.16. The lowest BCUT2D eigenvalue weighted by atomic mass is 10.0. The van der Waals surface area contributed by atoms with Crippen LogP contribution in [0.4, 0.5) is 0 Å². The number of hydrogen-bond acceptors (Lipinski definition) is 6. The molecule has 0 unspecified atom stereocenters. The standard InChI is InChI=1S/C5H10BNO4.C2H5NO2/c8-5(9)4-2-1-3-7(4)6(10)11;3-1-2(4)5/h4,10-11H,1-3H2,(H,8,9);1,3H2,(H,4,5)/t4-;/m0./s1. The molecule has 0 aromatic rings. The molecule has 0 aromatic carbocycles. The van der Waals surface area contributed by atoms with Crippen molar-refractivity contribution in [3.8, 4) is 0 Å². The smallest absolute Gasteiger partial charge is 0.480 e. The van der Waals surface area contributed by atoms with Crippen LogP contribution in [-0.2, 0) is 9.59 Å². The summed E-state index contributed by atoms with van der Waals surface area (Å²) >= 11 is 0. The van der Waals surface area contributed by atoms with E-state index in [1.54, 1.807) is 0 Å². The molecule has 1 heterocycles. The summed E-state index contributed by atoms with van der Waals surface area (Å²) in [4.78, 5) is 20.9. The van der Waals surface area contributed by atoms with Gasteiger partial charge in [-0.1, -0.05) is 0 Å². The Balaban J connectivity index is 0.000000385. The number of carboxylic acid groups (broad SMARTS) is 2. The van der Waals surface area contributed by atoms with Crippen molar-refractivity contribution in [1.29, 1.82) is 0 Å². The molecule has 1 aliphatic rings. The molecule has 0 radical (unpaired) electrons. The van der Waals surface area contributed by atoms with Gasteiger partial charge in [0.25, 0.3) is 0 Å². The van der Waals surface area contributed by atoms with Crippen molar-refractivity contribution in [2.75, 3.05) is 13.1 Å². The summed E-state index contributed by atoms with van der Waals surface area (Å²) in [7, 11) is -1.64. The quantitative estimate of drug-likeness (QED) is 0.338. The van der Waals surface area contributed by atoms with E-state index in [1.807, 2.05) is 0 Å². The first kappa shape index (κ1) is 14.8. The number of hydrogen-bond donors (Lipinski definition) is 5. The van der Waals surface area contributed by atoms with Crippen LogP contribution in [0.2, 0.25) is 0 Å². The second-order valence-corrected chi connectivity index (χ2v) is 3.18. The molecule has 1 aliphatic heterocycles. The van der Waals surface area contributed by atoms with Gasteiger partial charge in [0, 0.05) is 0 Å². The molecule has 1 rings (SSSR count). The summed E-state index contributed by atoms with van der Waals surface area (Å²) in [5.41, 5.74) is 4.57. The number of carbonyl (C=O) groups is 2. The fraction of sp³-hybridized carbons (Fsp3) is 0.714. The summed E-state index contributed by atoms with van der Waals surface area (Å²) in [6.45, 7) is 0.161. The third kappa shape index (κ3) is 5.07. The van der Waals surface area contributed by atoms with Crippen molar-refractivity contribution in [2.45, 2.75) is 18.9 Å². The minimum atomic E-state index is -1.64. The molecule has 0 aromatic heterocycles. The van der Waals surface area contributed by atoms with Gasteiger partial charge < -0.3 is 26.0 Å². The Morgan fingerprint density at radius 1 is 1.38 bits per heavy atom. The van der Waals surface area contributed by atoms with Crippen LogP contribution in [0.15, 0.2) is 0 Å². The SMILES string of the molecule is NCC(=O)O.O=C(O)[C@@H]1CCCN1B(O)O. The van der Waals surface area contributed by atoms with Crippen molar-refractivity contribution in [3.63, 3.8) is 0 Å². The van der Waals surface area contributed by atoms with E-state index in [4.69, 9.17) is 20.3 Å². The van der Waals surface area contributed by atoms with Gasteiger partial charge in [0.2, 0.25) is 0 Å². The number of carboxylic acids is 2. The number of aliphatic carboxylic acids is 2. The van der Waals surface area contributed by atoms with Crippen LogP contribution in [0.25, 0.3) is 0 Å². The van der Waals surface area contributed by atoms with E-state index in [9.17, 15) is 9.59 Å². The van der Waals surface area contributed by atoms with Crippen molar-refractivity contribution in [2.24, 2.45) is 5.73 Å². The van der Waals surface area contributed by atoms with E-state index in [0.29, 0.717) is 19.4 Å². The van der Waals surface area contributed by atoms with Gasteiger partial charge >= 0.3 is 19.2 Å². The largest absolute Gasteiger partial charge is 0.552 e. The Hall–Kier alpha value is -1.16. The van der Waals surface area contributed by atoms with Crippen molar-refractivity contribution >= 4 is 19.2 Å². The lowest BCUT2D eigenvalue weighted by molar-refractivity contribution is -0.141. The first-order valence-corrected chi connectivity index (χ1v) is 4.66. The van der Waals surface area contributed by atoms with Crippen LogP contribution in [0.1, 0.15) is 12.8 Å². The van der Waals surface area contributed by atoms with Gasteiger partial charge in [-0.2, -0.15) is 0 Å². The molecule has 1 fully saturated rings. The summed E-state index contributed by atoms with van der Waals surface area (Å²) < 4.78 is 0. The monoisotopic (exact) mass is 234 g/mol. The molecule has 0 amide bonds. The van der Waals surface area contributed by atoms with E-state index < -0.39 is 25.2 Å². The third-order valence-corrected chi connectivity index (χ3v) is 2.05. The molecule has 1 atom stereocenters. The summed E-state index contributed by atoms with van der Waals surface area (Å²) in [6, 6.07) is -0.727. The molecule has 6 N–H and O–H groups in total. The minimum Gasteiger partial charge on any atom is -0.480 e. The number of nitrogens with two attached hydrogens (primary N) is 1. The van der Waals surface area contributed by atoms with Gasteiger partial charge in [-0.05, 0) is 19.4 Å². The molecule has 9 heteroatoms. The van der Waals surface area contributed by atoms with Gasteiger partial charge in [-0.25, -0.2) is 0 Å². The average molecular weight is 234 g/mol. The van der Waals surface area contributed by atoms with E-state index in [2.05, 4.69) is 5.73 Å². The minimum absolute atomic E-state index is 0.278. The maximum Gasteiger partial charge on any atom is 0.552 e. The van der Waals surface area contributed by atoms with Crippen LogP contribution in [0.3, 0.4) is 0 Å². The Morgan fingerprint density at radius 2 is 1.88 bits per heavy atom. The Bertz CT molecular complexity index is 249. The van der Waals surface area contributed by atoms with E-state index in [-0.39, 0.29) is 6.54 Å². The highest BCUT2D eigenvalue weighted by atomic mass is 16.4. The van der Waals surface area contributed by atoms with Crippen LogP contribution < -0.4 is 5.73 Å². The maximum atomic E-state index is 10.5. The topological polar surface area (TPSA) is 144 Å². The van der Waals surface area contributed by atoms with Crippen LogP contribution in [-0.4, -0.2) is 63.4 Å². The molecule has 0 aliphatic carbocycles. The molecule has 0 bridgehead atoms. The van der Waals surface area contributed by atoms with E-state index in [1.165, 1.54) is 0 Å². The Labute approximate surface area is 92.4 Å². The van der Waals surface area contributed by atoms with Crippen LogP contribution in [0, 0.1) is 0 Å². The maximum absolute atomic E-state index is 10.5.